The van der Waals surface area contributed by atoms with Gasteiger partial charge in [-0.15, -0.1) is 0 Å². The predicted molar refractivity (Wildman–Crippen MR) is 95.5 cm³/mol. The minimum atomic E-state index is -0.114. The van der Waals surface area contributed by atoms with Crippen molar-refractivity contribution in [2.24, 2.45) is 5.92 Å². The number of rotatable bonds is 6. The average Bonchev–Trinajstić information content (AvgIpc) is 3.25. The van der Waals surface area contributed by atoms with E-state index in [1.807, 2.05) is 6.07 Å². The molecule has 132 valence electrons. The topological polar surface area (TPSA) is 58.4 Å². The number of likely N-dealkylation sites (tertiary alicyclic amines) is 1. The summed E-state index contributed by atoms with van der Waals surface area (Å²) in [5, 5.41) is 7.08. The fourth-order valence-corrected chi connectivity index (χ4v) is 3.57. The van der Waals surface area contributed by atoms with Crippen molar-refractivity contribution in [2.75, 3.05) is 19.6 Å². The van der Waals surface area contributed by atoms with Crippen LogP contribution in [-0.4, -0.2) is 41.6 Å². The molecule has 1 saturated heterocycles. The molecule has 0 bridgehead atoms. The summed E-state index contributed by atoms with van der Waals surface area (Å²) in [4.78, 5) is 14.9. The highest BCUT2D eigenvalue weighted by molar-refractivity contribution is 5.92. The summed E-state index contributed by atoms with van der Waals surface area (Å²) >= 11 is 0. The van der Waals surface area contributed by atoms with Crippen LogP contribution in [0.2, 0.25) is 0 Å². The standard InChI is InChI=1S/C20H25N3O2/c1-14-12-23(10-9-15-5-3-2-4-6-15)13-18(14)21-20(24)17-11-19(25-22-17)16-7-8-16/h2-6,11,14,16,18H,7-10,12-13H2,1H3,(H,21,24)/t14-,18+/m1/s1. The van der Waals surface area contributed by atoms with Crippen molar-refractivity contribution < 1.29 is 9.32 Å². The van der Waals surface area contributed by atoms with Gasteiger partial charge in [-0.1, -0.05) is 42.4 Å². The molecule has 1 N–H and O–H groups in total. The van der Waals surface area contributed by atoms with Crippen LogP contribution >= 0.6 is 0 Å². The normalized spacial score (nSPS) is 23.7. The monoisotopic (exact) mass is 339 g/mol. The summed E-state index contributed by atoms with van der Waals surface area (Å²) in [6, 6.07) is 12.5. The summed E-state index contributed by atoms with van der Waals surface area (Å²) in [7, 11) is 0. The molecule has 0 spiro atoms. The van der Waals surface area contributed by atoms with Crippen molar-refractivity contribution >= 4 is 5.91 Å². The van der Waals surface area contributed by atoms with E-state index in [0.717, 1.165) is 44.7 Å². The van der Waals surface area contributed by atoms with Crippen molar-refractivity contribution in [1.82, 2.24) is 15.4 Å². The van der Waals surface area contributed by atoms with Crippen LogP contribution in [0.4, 0.5) is 0 Å². The molecule has 1 aromatic carbocycles. The number of nitrogens with one attached hydrogen (secondary N) is 1. The fourth-order valence-electron chi connectivity index (χ4n) is 3.57. The van der Waals surface area contributed by atoms with Crippen LogP contribution in [-0.2, 0) is 6.42 Å². The Bertz CT molecular complexity index is 724. The number of aromatic nitrogens is 1. The summed E-state index contributed by atoms with van der Waals surface area (Å²) in [5.74, 6) is 1.66. The SMILES string of the molecule is C[C@@H]1CN(CCc2ccccc2)C[C@@H]1NC(=O)c1cc(C2CC2)on1. The molecule has 4 rings (SSSR count). The molecule has 1 saturated carbocycles. The van der Waals surface area contributed by atoms with Gasteiger partial charge in [0.05, 0.1) is 0 Å². The molecule has 1 aliphatic heterocycles. The van der Waals surface area contributed by atoms with Gasteiger partial charge >= 0.3 is 0 Å². The van der Waals surface area contributed by atoms with Crippen LogP contribution in [0.1, 0.15) is 47.5 Å². The summed E-state index contributed by atoms with van der Waals surface area (Å²) in [5.41, 5.74) is 1.77. The Morgan fingerprint density at radius 2 is 2.08 bits per heavy atom. The highest BCUT2D eigenvalue weighted by Gasteiger charge is 2.32. The molecule has 2 fully saturated rings. The maximum Gasteiger partial charge on any atom is 0.273 e. The first-order valence-electron chi connectivity index (χ1n) is 9.23. The van der Waals surface area contributed by atoms with Crippen LogP contribution in [0, 0.1) is 5.92 Å². The Hall–Kier alpha value is -2.14. The van der Waals surface area contributed by atoms with Gasteiger partial charge in [0.2, 0.25) is 0 Å². The minimum Gasteiger partial charge on any atom is -0.360 e. The maximum atomic E-state index is 12.4. The summed E-state index contributed by atoms with van der Waals surface area (Å²) in [6.07, 6.45) is 3.33. The molecule has 0 radical (unpaired) electrons. The lowest BCUT2D eigenvalue weighted by Crippen LogP contribution is -2.40. The molecule has 2 aromatic rings. The van der Waals surface area contributed by atoms with Gasteiger partial charge in [0.1, 0.15) is 5.76 Å². The summed E-state index contributed by atoms with van der Waals surface area (Å²) < 4.78 is 5.29. The van der Waals surface area contributed by atoms with Crippen molar-refractivity contribution in [3.8, 4) is 0 Å². The van der Waals surface area contributed by atoms with Crippen LogP contribution in [0.3, 0.4) is 0 Å². The molecule has 2 heterocycles. The Morgan fingerprint density at radius 3 is 2.84 bits per heavy atom. The molecule has 5 heteroatoms. The number of carbonyl (C=O) groups is 1. The van der Waals surface area contributed by atoms with E-state index in [9.17, 15) is 4.79 Å². The van der Waals surface area contributed by atoms with Crippen LogP contribution < -0.4 is 5.32 Å². The van der Waals surface area contributed by atoms with E-state index in [4.69, 9.17) is 4.52 Å². The first kappa shape index (κ1) is 16.3. The van der Waals surface area contributed by atoms with Crippen molar-refractivity contribution in [3.05, 3.63) is 53.4 Å². The second-order valence-electron chi connectivity index (χ2n) is 7.44. The number of nitrogens with zero attached hydrogens (tertiary/aromatic N) is 2. The lowest BCUT2D eigenvalue weighted by Gasteiger charge is -2.16. The lowest BCUT2D eigenvalue weighted by atomic mass is 10.1. The second kappa shape index (κ2) is 7.00. The first-order valence-corrected chi connectivity index (χ1v) is 9.23. The molecule has 25 heavy (non-hydrogen) atoms. The third-order valence-corrected chi connectivity index (χ3v) is 5.30. The van der Waals surface area contributed by atoms with E-state index in [0.29, 0.717) is 17.5 Å². The van der Waals surface area contributed by atoms with Gasteiger partial charge in [0.15, 0.2) is 5.69 Å². The maximum absolute atomic E-state index is 12.4. The quantitative estimate of drug-likeness (QED) is 0.879. The van der Waals surface area contributed by atoms with Crippen LogP contribution in [0.25, 0.3) is 0 Å². The zero-order valence-electron chi connectivity index (χ0n) is 14.6. The van der Waals surface area contributed by atoms with Gasteiger partial charge in [-0.3, -0.25) is 4.79 Å². The molecule has 2 atom stereocenters. The van der Waals surface area contributed by atoms with E-state index in [-0.39, 0.29) is 11.9 Å². The largest absolute Gasteiger partial charge is 0.360 e. The van der Waals surface area contributed by atoms with E-state index in [1.165, 1.54) is 5.56 Å². The third kappa shape index (κ3) is 3.93. The number of benzene rings is 1. The van der Waals surface area contributed by atoms with Crippen LogP contribution in [0.5, 0.6) is 0 Å². The first-order chi connectivity index (χ1) is 12.2. The van der Waals surface area contributed by atoms with E-state index >= 15 is 0 Å². The van der Waals surface area contributed by atoms with Gasteiger partial charge in [-0.05, 0) is 30.7 Å². The Morgan fingerprint density at radius 1 is 1.28 bits per heavy atom. The number of carbonyl (C=O) groups excluding carboxylic acids is 1. The van der Waals surface area contributed by atoms with Gasteiger partial charge < -0.3 is 14.7 Å². The van der Waals surface area contributed by atoms with Crippen LogP contribution in [0.15, 0.2) is 40.9 Å². The molecule has 0 unspecified atom stereocenters. The third-order valence-electron chi connectivity index (χ3n) is 5.30. The van der Waals surface area contributed by atoms with Crippen molar-refractivity contribution in [2.45, 2.75) is 38.1 Å². The number of amides is 1. The molecular weight excluding hydrogens is 314 g/mol. The Kier molecular flexibility index (Phi) is 4.57. The summed E-state index contributed by atoms with van der Waals surface area (Å²) in [6.45, 7) is 5.14. The van der Waals surface area contributed by atoms with Crippen molar-refractivity contribution in [3.63, 3.8) is 0 Å². The highest BCUT2D eigenvalue weighted by atomic mass is 16.5. The smallest absolute Gasteiger partial charge is 0.273 e. The van der Waals surface area contributed by atoms with Gasteiger partial charge in [0, 0.05) is 37.7 Å². The second-order valence-corrected chi connectivity index (χ2v) is 7.44. The molecule has 5 nitrogen and oxygen atoms in total. The van der Waals surface area contributed by atoms with Crippen molar-refractivity contribution in [1.29, 1.82) is 0 Å². The van der Waals surface area contributed by atoms with Gasteiger partial charge in [-0.2, -0.15) is 0 Å². The zero-order valence-corrected chi connectivity index (χ0v) is 14.6. The van der Waals surface area contributed by atoms with E-state index in [1.54, 1.807) is 6.07 Å². The minimum absolute atomic E-state index is 0.114. The van der Waals surface area contributed by atoms with Gasteiger partial charge in [-0.25, -0.2) is 0 Å². The Balaban J connectivity index is 1.29. The highest BCUT2D eigenvalue weighted by Crippen LogP contribution is 2.40. The van der Waals surface area contributed by atoms with E-state index in [2.05, 4.69) is 46.6 Å². The fraction of sp³-hybridized carbons (Fsp3) is 0.500. The molecular formula is C20H25N3O2. The predicted octanol–water partition coefficient (Wildman–Crippen LogP) is 2.84. The molecule has 1 aromatic heterocycles. The number of hydrogen-bond donors (Lipinski definition) is 1. The molecule has 1 amide bonds. The molecule has 2 aliphatic rings. The average molecular weight is 339 g/mol. The lowest BCUT2D eigenvalue weighted by molar-refractivity contribution is 0.0922. The van der Waals surface area contributed by atoms with E-state index < -0.39 is 0 Å². The van der Waals surface area contributed by atoms with Gasteiger partial charge in [0.25, 0.3) is 5.91 Å². The zero-order chi connectivity index (χ0) is 17.2. The number of hydrogen-bond acceptors (Lipinski definition) is 4. The molecule has 1 aliphatic carbocycles. The Labute approximate surface area is 148 Å².